The molecule has 0 fully saturated rings. The molecule has 1 atom stereocenters. The number of rotatable bonds is 5. The summed E-state index contributed by atoms with van der Waals surface area (Å²) in [5.41, 5.74) is 0. The first-order valence-electron chi connectivity index (χ1n) is 4.65. The van der Waals surface area contributed by atoms with Gasteiger partial charge in [0.1, 0.15) is 0 Å². The molecule has 1 rings (SSSR count). The Bertz CT molecular complexity index is 324. The van der Waals surface area contributed by atoms with Crippen LogP contribution in [0.3, 0.4) is 0 Å². The van der Waals surface area contributed by atoms with Crippen LogP contribution in [0, 0.1) is 5.82 Å². The van der Waals surface area contributed by atoms with E-state index < -0.39 is 5.82 Å². The van der Waals surface area contributed by atoms with E-state index in [0.29, 0.717) is 13.2 Å². The highest BCUT2D eigenvalue weighted by molar-refractivity contribution is 6.28. The highest BCUT2D eigenvalue weighted by Crippen LogP contribution is 2.12. The van der Waals surface area contributed by atoms with Crippen molar-refractivity contribution >= 4 is 17.4 Å². The smallest absolute Gasteiger partial charge is 0.224 e. The first-order valence-corrected chi connectivity index (χ1v) is 5.03. The Hall–Kier alpha value is -0.940. The van der Waals surface area contributed by atoms with Gasteiger partial charge in [0.15, 0.2) is 11.6 Å². The van der Waals surface area contributed by atoms with Gasteiger partial charge in [-0.1, -0.05) is 0 Å². The van der Waals surface area contributed by atoms with Crippen molar-refractivity contribution in [2.45, 2.75) is 19.9 Å². The molecule has 0 spiro atoms. The Morgan fingerprint density at radius 3 is 3.07 bits per heavy atom. The van der Waals surface area contributed by atoms with Gasteiger partial charge in [-0.25, -0.2) is 9.37 Å². The van der Waals surface area contributed by atoms with Crippen molar-refractivity contribution in [3.05, 3.63) is 17.3 Å². The van der Waals surface area contributed by atoms with Crippen LogP contribution in [-0.2, 0) is 4.74 Å². The average Bonchev–Trinajstić information content (AvgIpc) is 2.20. The summed E-state index contributed by atoms with van der Waals surface area (Å²) in [7, 11) is 0. The molecule has 0 saturated heterocycles. The third-order valence-electron chi connectivity index (χ3n) is 1.67. The van der Waals surface area contributed by atoms with E-state index in [2.05, 4.69) is 15.3 Å². The minimum atomic E-state index is -0.525. The molecule has 0 radical (unpaired) electrons. The number of ether oxygens (including phenoxy) is 1. The summed E-state index contributed by atoms with van der Waals surface area (Å²) in [5, 5.41) is 2.87. The van der Waals surface area contributed by atoms with E-state index in [0.717, 1.165) is 6.20 Å². The van der Waals surface area contributed by atoms with Crippen LogP contribution in [0.2, 0.25) is 5.28 Å². The lowest BCUT2D eigenvalue weighted by molar-refractivity contribution is 0.141. The van der Waals surface area contributed by atoms with Crippen LogP contribution in [0.25, 0.3) is 0 Å². The van der Waals surface area contributed by atoms with Gasteiger partial charge in [0.05, 0.1) is 12.8 Å². The van der Waals surface area contributed by atoms with Gasteiger partial charge in [-0.3, -0.25) is 0 Å². The van der Waals surface area contributed by atoms with Gasteiger partial charge in [-0.05, 0) is 25.4 Å². The molecular formula is C9H13ClFN3O. The van der Waals surface area contributed by atoms with Crippen molar-refractivity contribution in [3.8, 4) is 0 Å². The van der Waals surface area contributed by atoms with E-state index in [1.54, 1.807) is 0 Å². The number of nitrogens with zero attached hydrogens (tertiary/aromatic N) is 2. The van der Waals surface area contributed by atoms with Crippen molar-refractivity contribution in [3.63, 3.8) is 0 Å². The van der Waals surface area contributed by atoms with Crippen LogP contribution in [0.15, 0.2) is 6.20 Å². The maximum absolute atomic E-state index is 13.2. The van der Waals surface area contributed by atoms with Crippen molar-refractivity contribution < 1.29 is 9.13 Å². The van der Waals surface area contributed by atoms with Crippen LogP contribution in [-0.4, -0.2) is 29.2 Å². The Labute approximate surface area is 92.8 Å². The summed E-state index contributed by atoms with van der Waals surface area (Å²) >= 11 is 5.54. The van der Waals surface area contributed by atoms with Gasteiger partial charge >= 0.3 is 0 Å². The number of halogens is 2. The molecule has 0 saturated carbocycles. The Kier molecular flexibility index (Phi) is 4.71. The van der Waals surface area contributed by atoms with E-state index in [4.69, 9.17) is 16.3 Å². The molecule has 15 heavy (non-hydrogen) atoms. The van der Waals surface area contributed by atoms with Crippen molar-refractivity contribution in [1.29, 1.82) is 0 Å². The predicted molar refractivity (Wildman–Crippen MR) is 56.6 cm³/mol. The fourth-order valence-corrected chi connectivity index (χ4v) is 1.15. The van der Waals surface area contributed by atoms with Crippen LogP contribution < -0.4 is 5.32 Å². The molecule has 0 amide bonds. The second-order valence-electron chi connectivity index (χ2n) is 3.04. The summed E-state index contributed by atoms with van der Waals surface area (Å²) in [5.74, 6) is -0.426. The predicted octanol–water partition coefficient (Wildman–Crippen LogP) is 2.11. The maximum atomic E-state index is 13.2. The summed E-state index contributed by atoms with van der Waals surface area (Å²) in [6.07, 6.45) is 1.03. The van der Waals surface area contributed by atoms with Crippen LogP contribution in [0.4, 0.5) is 10.2 Å². The molecule has 1 heterocycles. The van der Waals surface area contributed by atoms with Crippen molar-refractivity contribution in [1.82, 2.24) is 9.97 Å². The number of anilines is 1. The van der Waals surface area contributed by atoms with Gasteiger partial charge in [-0.2, -0.15) is 4.98 Å². The zero-order valence-electron chi connectivity index (χ0n) is 8.63. The monoisotopic (exact) mass is 233 g/mol. The van der Waals surface area contributed by atoms with Gasteiger partial charge in [0.25, 0.3) is 0 Å². The van der Waals surface area contributed by atoms with Gasteiger partial charge < -0.3 is 10.1 Å². The van der Waals surface area contributed by atoms with Gasteiger partial charge in [0.2, 0.25) is 5.28 Å². The first-order chi connectivity index (χ1) is 7.13. The molecule has 1 N–H and O–H groups in total. The van der Waals surface area contributed by atoms with E-state index >= 15 is 0 Å². The standard InChI is InChI=1S/C9H13ClFN3O/c1-3-15-5-6(2)13-8-7(11)4-12-9(10)14-8/h4,6H,3,5H2,1-2H3,(H,12,13,14). The first kappa shape index (κ1) is 12.1. The second kappa shape index (κ2) is 5.82. The quantitative estimate of drug-likeness (QED) is 0.792. The molecule has 4 nitrogen and oxygen atoms in total. The Balaban J connectivity index is 2.59. The SMILES string of the molecule is CCOCC(C)Nc1nc(Cl)ncc1F. The molecule has 84 valence electrons. The van der Waals surface area contributed by atoms with E-state index in [1.807, 2.05) is 13.8 Å². The fraction of sp³-hybridized carbons (Fsp3) is 0.556. The summed E-state index contributed by atoms with van der Waals surface area (Å²) in [6, 6.07) is -0.0367. The molecule has 1 aromatic rings. The minimum Gasteiger partial charge on any atom is -0.380 e. The van der Waals surface area contributed by atoms with Crippen LogP contribution >= 0.6 is 11.6 Å². The third-order valence-corrected chi connectivity index (χ3v) is 1.85. The Morgan fingerprint density at radius 2 is 2.40 bits per heavy atom. The van der Waals surface area contributed by atoms with E-state index in [9.17, 15) is 4.39 Å². The number of hydrogen-bond donors (Lipinski definition) is 1. The van der Waals surface area contributed by atoms with Crippen molar-refractivity contribution in [2.75, 3.05) is 18.5 Å². The number of nitrogens with one attached hydrogen (secondary N) is 1. The Morgan fingerprint density at radius 1 is 1.67 bits per heavy atom. The highest BCUT2D eigenvalue weighted by atomic mass is 35.5. The van der Waals surface area contributed by atoms with Gasteiger partial charge in [0, 0.05) is 12.6 Å². The molecule has 0 aliphatic heterocycles. The third kappa shape index (κ3) is 3.97. The molecule has 0 aliphatic rings. The largest absolute Gasteiger partial charge is 0.380 e. The highest BCUT2D eigenvalue weighted by Gasteiger charge is 2.09. The molecule has 1 unspecified atom stereocenters. The summed E-state index contributed by atoms with van der Waals surface area (Å²) in [6.45, 7) is 4.87. The minimum absolute atomic E-state index is 0.0162. The molecule has 1 aromatic heterocycles. The topological polar surface area (TPSA) is 47.0 Å². The average molecular weight is 234 g/mol. The van der Waals surface area contributed by atoms with Crippen molar-refractivity contribution in [2.24, 2.45) is 0 Å². The normalized spacial score (nSPS) is 12.5. The number of aromatic nitrogens is 2. The summed E-state index contributed by atoms with van der Waals surface area (Å²) < 4.78 is 18.3. The lowest BCUT2D eigenvalue weighted by atomic mass is 10.3. The van der Waals surface area contributed by atoms with Crippen LogP contribution in [0.1, 0.15) is 13.8 Å². The number of hydrogen-bond acceptors (Lipinski definition) is 4. The lowest BCUT2D eigenvalue weighted by Crippen LogP contribution is -2.23. The van der Waals surface area contributed by atoms with Gasteiger partial charge in [-0.15, -0.1) is 0 Å². The second-order valence-corrected chi connectivity index (χ2v) is 3.38. The van der Waals surface area contributed by atoms with Crippen LogP contribution in [0.5, 0.6) is 0 Å². The fourth-order valence-electron chi connectivity index (χ4n) is 1.02. The maximum Gasteiger partial charge on any atom is 0.224 e. The van der Waals surface area contributed by atoms with E-state index in [1.165, 1.54) is 0 Å². The van der Waals surface area contributed by atoms with E-state index in [-0.39, 0.29) is 17.1 Å². The summed E-state index contributed by atoms with van der Waals surface area (Å²) in [4.78, 5) is 7.25. The zero-order chi connectivity index (χ0) is 11.3. The molecule has 6 heteroatoms. The molecule has 0 aliphatic carbocycles. The molecular weight excluding hydrogens is 221 g/mol. The lowest BCUT2D eigenvalue weighted by Gasteiger charge is -2.14. The zero-order valence-corrected chi connectivity index (χ0v) is 9.38. The molecule has 0 aromatic carbocycles. The molecule has 0 bridgehead atoms.